The lowest BCUT2D eigenvalue weighted by molar-refractivity contribution is 0.0727. The average Bonchev–Trinajstić information content (AvgIpc) is 3.07. The summed E-state index contributed by atoms with van der Waals surface area (Å²) < 4.78 is 23.5. The number of nitrogens with zero attached hydrogens (tertiary/aromatic N) is 2. The molecule has 6 heteroatoms. The van der Waals surface area contributed by atoms with Gasteiger partial charge in [-0.1, -0.05) is 12.1 Å². The molecule has 0 N–H and O–H groups in total. The number of carbonyl (C=O) groups is 1. The van der Waals surface area contributed by atoms with E-state index in [2.05, 4.69) is 4.90 Å². The van der Waals surface area contributed by atoms with Gasteiger partial charge in [-0.15, -0.1) is 0 Å². The molecule has 0 bridgehead atoms. The Labute approximate surface area is 144 Å². The molecule has 0 aliphatic carbocycles. The van der Waals surface area contributed by atoms with Gasteiger partial charge in [0, 0.05) is 31.5 Å². The van der Waals surface area contributed by atoms with Crippen molar-refractivity contribution in [2.24, 2.45) is 0 Å². The first-order valence-corrected chi connectivity index (χ1v) is 10.7. The van der Waals surface area contributed by atoms with Gasteiger partial charge in [0.05, 0.1) is 5.25 Å². The smallest absolute Gasteiger partial charge is 0.253 e. The summed E-state index contributed by atoms with van der Waals surface area (Å²) in [5.74, 6) is -0.0592. The largest absolute Gasteiger partial charge is 0.337 e. The van der Waals surface area contributed by atoms with E-state index in [4.69, 9.17) is 0 Å². The van der Waals surface area contributed by atoms with Crippen LogP contribution in [-0.2, 0) is 16.4 Å². The molecule has 24 heavy (non-hydrogen) atoms. The number of hydrogen-bond donors (Lipinski definition) is 0. The molecule has 1 aromatic rings. The summed E-state index contributed by atoms with van der Waals surface area (Å²) in [6.45, 7) is 4.20. The van der Waals surface area contributed by atoms with Crippen molar-refractivity contribution >= 4 is 15.7 Å². The number of carbonyl (C=O) groups excluding carboxylic acids is 1. The molecule has 1 atom stereocenters. The number of piperidine rings is 1. The van der Waals surface area contributed by atoms with Crippen molar-refractivity contribution in [3.05, 3.63) is 35.4 Å². The predicted octanol–water partition coefficient (Wildman–Crippen LogP) is 1.93. The van der Waals surface area contributed by atoms with E-state index in [-0.39, 0.29) is 5.91 Å². The van der Waals surface area contributed by atoms with Crippen molar-refractivity contribution in [3.63, 3.8) is 0 Å². The molecule has 1 amide bonds. The van der Waals surface area contributed by atoms with Crippen molar-refractivity contribution in [2.75, 3.05) is 32.4 Å². The van der Waals surface area contributed by atoms with Gasteiger partial charge in [0.1, 0.15) is 0 Å². The van der Waals surface area contributed by atoms with Crippen molar-refractivity contribution in [1.29, 1.82) is 0 Å². The quantitative estimate of drug-likeness (QED) is 0.833. The first-order chi connectivity index (χ1) is 11.4. The van der Waals surface area contributed by atoms with Gasteiger partial charge in [-0.05, 0) is 56.5 Å². The van der Waals surface area contributed by atoms with E-state index in [1.54, 1.807) is 4.90 Å². The van der Waals surface area contributed by atoms with Gasteiger partial charge in [0.2, 0.25) is 0 Å². The highest BCUT2D eigenvalue weighted by molar-refractivity contribution is 7.91. The van der Waals surface area contributed by atoms with Crippen LogP contribution in [0.4, 0.5) is 0 Å². The summed E-state index contributed by atoms with van der Waals surface area (Å²) >= 11 is 0. The molecule has 0 spiro atoms. The van der Waals surface area contributed by atoms with Gasteiger partial charge >= 0.3 is 0 Å². The molecule has 2 aliphatic rings. The Morgan fingerprint density at radius 2 is 1.75 bits per heavy atom. The van der Waals surface area contributed by atoms with Crippen LogP contribution in [0.2, 0.25) is 0 Å². The van der Waals surface area contributed by atoms with Crippen LogP contribution in [0.25, 0.3) is 0 Å². The molecule has 132 valence electrons. The molecular formula is C18H26N2O3S. The summed E-state index contributed by atoms with van der Waals surface area (Å²) in [4.78, 5) is 16.8. The van der Waals surface area contributed by atoms with E-state index >= 15 is 0 Å². The first-order valence-electron chi connectivity index (χ1n) is 8.73. The minimum Gasteiger partial charge on any atom is -0.337 e. The molecule has 2 heterocycles. The molecule has 1 unspecified atom stereocenters. The van der Waals surface area contributed by atoms with E-state index < -0.39 is 15.1 Å². The molecule has 5 nitrogen and oxygen atoms in total. The number of amides is 1. The fraction of sp³-hybridized carbons (Fsp3) is 0.611. The number of likely N-dealkylation sites (tertiary alicyclic amines) is 2. The van der Waals surface area contributed by atoms with E-state index in [9.17, 15) is 13.2 Å². The van der Waals surface area contributed by atoms with Crippen molar-refractivity contribution in [2.45, 2.75) is 37.5 Å². The zero-order chi connectivity index (χ0) is 17.2. The van der Waals surface area contributed by atoms with Gasteiger partial charge in [-0.2, -0.15) is 0 Å². The lowest BCUT2D eigenvalue weighted by atomic mass is 10.1. The Hall–Kier alpha value is -1.40. The van der Waals surface area contributed by atoms with Gasteiger partial charge in [-0.25, -0.2) is 8.42 Å². The second-order valence-electron chi connectivity index (χ2n) is 7.03. The Kier molecular flexibility index (Phi) is 5.25. The summed E-state index contributed by atoms with van der Waals surface area (Å²) in [5.41, 5.74) is 1.87. The molecule has 3 rings (SSSR count). The maximum atomic E-state index is 12.6. The third-order valence-electron chi connectivity index (χ3n) is 5.08. The van der Waals surface area contributed by atoms with E-state index in [1.807, 2.05) is 24.3 Å². The van der Waals surface area contributed by atoms with Crippen molar-refractivity contribution in [3.8, 4) is 0 Å². The summed E-state index contributed by atoms with van der Waals surface area (Å²) in [6, 6.07) is 7.78. The summed E-state index contributed by atoms with van der Waals surface area (Å²) in [5, 5.41) is -0.426. The number of hydrogen-bond acceptors (Lipinski definition) is 4. The Morgan fingerprint density at radius 3 is 2.38 bits per heavy atom. The lowest BCUT2D eigenvalue weighted by Crippen LogP contribution is -2.44. The number of rotatable bonds is 4. The molecule has 1 aromatic carbocycles. The van der Waals surface area contributed by atoms with Crippen LogP contribution in [0.5, 0.6) is 0 Å². The highest BCUT2D eigenvalue weighted by Gasteiger charge is 2.30. The van der Waals surface area contributed by atoms with Gasteiger partial charge in [0.15, 0.2) is 9.84 Å². The van der Waals surface area contributed by atoms with Crippen molar-refractivity contribution < 1.29 is 13.2 Å². The Morgan fingerprint density at radius 1 is 1.08 bits per heavy atom. The van der Waals surface area contributed by atoms with Crippen molar-refractivity contribution in [1.82, 2.24) is 9.80 Å². The minimum atomic E-state index is -3.09. The van der Waals surface area contributed by atoms with E-state index in [0.29, 0.717) is 25.1 Å². The standard InChI is InChI=1S/C18H26N2O3S/c1-24(22,23)17-5-4-12-20(14-17)18(21)16-8-6-15(7-9-16)13-19-10-2-3-11-19/h6-9,17H,2-5,10-14H2,1H3. The first kappa shape index (κ1) is 17.4. The zero-order valence-corrected chi connectivity index (χ0v) is 15.1. The third kappa shape index (κ3) is 4.16. The molecular weight excluding hydrogens is 324 g/mol. The van der Waals surface area contributed by atoms with E-state index in [0.717, 1.165) is 26.1 Å². The van der Waals surface area contributed by atoms with Gasteiger partial charge in [0.25, 0.3) is 5.91 Å². The van der Waals surface area contributed by atoms with Crippen LogP contribution in [0.15, 0.2) is 24.3 Å². The topological polar surface area (TPSA) is 57.7 Å². The predicted molar refractivity (Wildman–Crippen MR) is 94.7 cm³/mol. The van der Waals surface area contributed by atoms with Gasteiger partial charge in [-0.3, -0.25) is 9.69 Å². The minimum absolute atomic E-state index is 0.0592. The van der Waals surface area contributed by atoms with Crippen LogP contribution in [0.1, 0.15) is 41.6 Å². The summed E-state index contributed by atoms with van der Waals surface area (Å²) in [6.07, 6.45) is 5.20. The Balaban J connectivity index is 1.64. The van der Waals surface area contributed by atoms with Crippen LogP contribution >= 0.6 is 0 Å². The van der Waals surface area contributed by atoms with Crippen LogP contribution < -0.4 is 0 Å². The Bertz CT molecular complexity index is 679. The summed E-state index contributed by atoms with van der Waals surface area (Å²) in [7, 11) is -3.09. The third-order valence-corrected chi connectivity index (χ3v) is 6.67. The number of benzene rings is 1. The average molecular weight is 350 g/mol. The van der Waals surface area contributed by atoms with Crippen LogP contribution in [-0.4, -0.2) is 61.8 Å². The lowest BCUT2D eigenvalue weighted by Gasteiger charge is -2.31. The molecule has 2 fully saturated rings. The van der Waals surface area contributed by atoms with Crippen LogP contribution in [0.3, 0.4) is 0 Å². The molecule has 0 radical (unpaired) electrons. The highest BCUT2D eigenvalue weighted by atomic mass is 32.2. The number of sulfone groups is 1. The SMILES string of the molecule is CS(=O)(=O)C1CCCN(C(=O)c2ccc(CN3CCCC3)cc2)C1. The fourth-order valence-corrected chi connectivity index (χ4v) is 4.65. The zero-order valence-electron chi connectivity index (χ0n) is 14.3. The molecule has 0 aromatic heterocycles. The second kappa shape index (κ2) is 7.23. The van der Waals surface area contributed by atoms with E-state index in [1.165, 1.54) is 24.7 Å². The van der Waals surface area contributed by atoms with Crippen LogP contribution in [0, 0.1) is 0 Å². The highest BCUT2D eigenvalue weighted by Crippen LogP contribution is 2.19. The maximum Gasteiger partial charge on any atom is 0.253 e. The molecule has 2 saturated heterocycles. The molecule has 0 saturated carbocycles. The van der Waals surface area contributed by atoms with Gasteiger partial charge < -0.3 is 4.90 Å². The normalized spacial score (nSPS) is 22.7. The molecule has 2 aliphatic heterocycles. The fourth-order valence-electron chi connectivity index (χ4n) is 3.61. The monoisotopic (exact) mass is 350 g/mol. The maximum absolute atomic E-state index is 12.6. The second-order valence-corrected chi connectivity index (χ2v) is 9.35.